The molecule has 0 unspecified atom stereocenters. The highest BCUT2D eigenvalue weighted by atomic mass is 16.5. The van der Waals surface area contributed by atoms with Crippen LogP contribution in [-0.2, 0) is 9.53 Å². The standard InChI is InChI=1S/C14H17NO2/c16-14(15-11-13-7-4-10-17-13)9-8-12-5-2-1-3-6-12/h1-3,5-6,8-9,13H,4,7,10-11H2,(H,15,16)/t13-/m1/s1. The van der Waals surface area contributed by atoms with Crippen LogP contribution >= 0.6 is 0 Å². The molecule has 1 atom stereocenters. The maximum Gasteiger partial charge on any atom is 0.244 e. The monoisotopic (exact) mass is 231 g/mol. The van der Waals surface area contributed by atoms with Crippen molar-refractivity contribution in [2.45, 2.75) is 18.9 Å². The molecule has 17 heavy (non-hydrogen) atoms. The molecule has 0 aromatic heterocycles. The van der Waals surface area contributed by atoms with Crippen LogP contribution in [0.1, 0.15) is 18.4 Å². The predicted molar refractivity (Wildman–Crippen MR) is 67.5 cm³/mol. The second-order valence-corrected chi connectivity index (χ2v) is 4.12. The van der Waals surface area contributed by atoms with Gasteiger partial charge in [-0.05, 0) is 24.5 Å². The quantitative estimate of drug-likeness (QED) is 0.805. The van der Waals surface area contributed by atoms with Crippen molar-refractivity contribution in [2.24, 2.45) is 0 Å². The van der Waals surface area contributed by atoms with Crippen LogP contribution in [0.3, 0.4) is 0 Å². The summed E-state index contributed by atoms with van der Waals surface area (Å²) in [6.45, 7) is 1.43. The third-order valence-electron chi connectivity index (χ3n) is 2.75. The Kier molecular flexibility index (Phi) is 4.33. The Balaban J connectivity index is 1.75. The number of hydrogen-bond donors (Lipinski definition) is 1. The van der Waals surface area contributed by atoms with Gasteiger partial charge in [-0.1, -0.05) is 30.3 Å². The van der Waals surface area contributed by atoms with E-state index >= 15 is 0 Å². The molecule has 90 valence electrons. The molecule has 0 radical (unpaired) electrons. The van der Waals surface area contributed by atoms with Gasteiger partial charge in [-0.2, -0.15) is 0 Å². The third-order valence-corrected chi connectivity index (χ3v) is 2.75. The molecule has 1 aromatic rings. The lowest BCUT2D eigenvalue weighted by atomic mass is 10.2. The molecule has 1 aliphatic heterocycles. The van der Waals surface area contributed by atoms with Crippen LogP contribution in [0.2, 0.25) is 0 Å². The van der Waals surface area contributed by atoms with E-state index in [1.54, 1.807) is 6.08 Å². The lowest BCUT2D eigenvalue weighted by molar-refractivity contribution is -0.116. The lowest BCUT2D eigenvalue weighted by Gasteiger charge is -2.08. The fourth-order valence-electron chi connectivity index (χ4n) is 1.81. The average Bonchev–Trinajstić information content (AvgIpc) is 2.88. The minimum atomic E-state index is -0.0654. The molecule has 1 amide bonds. The molecule has 1 aromatic carbocycles. The number of carbonyl (C=O) groups excluding carboxylic acids is 1. The average molecular weight is 231 g/mol. The van der Waals surface area contributed by atoms with Crippen LogP contribution in [0.5, 0.6) is 0 Å². The van der Waals surface area contributed by atoms with Crippen LogP contribution in [0.25, 0.3) is 6.08 Å². The molecule has 1 saturated heterocycles. The normalized spacial score (nSPS) is 19.6. The number of hydrogen-bond acceptors (Lipinski definition) is 2. The molecule has 3 heteroatoms. The van der Waals surface area contributed by atoms with E-state index in [1.165, 1.54) is 0 Å². The molecule has 0 bridgehead atoms. The number of benzene rings is 1. The van der Waals surface area contributed by atoms with Crippen LogP contribution in [0, 0.1) is 0 Å². The molecule has 1 fully saturated rings. The predicted octanol–water partition coefficient (Wildman–Crippen LogP) is 2.00. The Hall–Kier alpha value is -1.61. The molecule has 0 saturated carbocycles. The van der Waals surface area contributed by atoms with Crippen LogP contribution in [0.4, 0.5) is 0 Å². The molecular weight excluding hydrogens is 214 g/mol. The van der Waals surface area contributed by atoms with Gasteiger partial charge in [0.05, 0.1) is 6.10 Å². The Morgan fingerprint density at radius 3 is 2.94 bits per heavy atom. The maximum absolute atomic E-state index is 11.5. The number of amides is 1. The highest BCUT2D eigenvalue weighted by Crippen LogP contribution is 2.10. The van der Waals surface area contributed by atoms with E-state index in [9.17, 15) is 4.79 Å². The highest BCUT2D eigenvalue weighted by molar-refractivity contribution is 5.91. The van der Waals surface area contributed by atoms with Crippen molar-refractivity contribution in [3.63, 3.8) is 0 Å². The summed E-state index contributed by atoms with van der Waals surface area (Å²) in [6, 6.07) is 9.77. The topological polar surface area (TPSA) is 38.3 Å². The summed E-state index contributed by atoms with van der Waals surface area (Å²) in [6.07, 6.45) is 5.71. The van der Waals surface area contributed by atoms with Crippen molar-refractivity contribution in [1.29, 1.82) is 0 Å². The number of rotatable bonds is 4. The van der Waals surface area contributed by atoms with Crippen molar-refractivity contribution < 1.29 is 9.53 Å². The first-order chi connectivity index (χ1) is 8.34. The summed E-state index contributed by atoms with van der Waals surface area (Å²) in [5, 5.41) is 2.84. The maximum atomic E-state index is 11.5. The van der Waals surface area contributed by atoms with Gasteiger partial charge in [0, 0.05) is 19.2 Å². The van der Waals surface area contributed by atoms with E-state index in [0.29, 0.717) is 6.54 Å². The summed E-state index contributed by atoms with van der Waals surface area (Å²) in [5.41, 5.74) is 1.03. The summed E-state index contributed by atoms with van der Waals surface area (Å²) in [7, 11) is 0. The van der Waals surface area contributed by atoms with Crippen molar-refractivity contribution >= 4 is 12.0 Å². The summed E-state index contributed by atoms with van der Waals surface area (Å²) in [4.78, 5) is 11.5. The van der Waals surface area contributed by atoms with Gasteiger partial charge in [0.2, 0.25) is 5.91 Å². The van der Waals surface area contributed by atoms with Gasteiger partial charge < -0.3 is 10.1 Å². The molecule has 1 aliphatic rings. The zero-order chi connectivity index (χ0) is 11.9. The number of carbonyl (C=O) groups is 1. The van der Waals surface area contributed by atoms with Crippen molar-refractivity contribution in [3.05, 3.63) is 42.0 Å². The summed E-state index contributed by atoms with van der Waals surface area (Å²) < 4.78 is 5.43. The Morgan fingerprint density at radius 2 is 2.24 bits per heavy atom. The molecule has 3 nitrogen and oxygen atoms in total. The molecule has 1 N–H and O–H groups in total. The van der Waals surface area contributed by atoms with E-state index in [-0.39, 0.29) is 12.0 Å². The SMILES string of the molecule is O=C(C=Cc1ccccc1)NC[C@H]1CCCO1. The third kappa shape index (κ3) is 4.04. The lowest BCUT2D eigenvalue weighted by Crippen LogP contribution is -2.30. The van der Waals surface area contributed by atoms with Gasteiger partial charge in [-0.25, -0.2) is 0 Å². The first-order valence-corrected chi connectivity index (χ1v) is 5.97. The van der Waals surface area contributed by atoms with Gasteiger partial charge in [-0.3, -0.25) is 4.79 Å². The van der Waals surface area contributed by atoms with Gasteiger partial charge in [0.1, 0.15) is 0 Å². The fraction of sp³-hybridized carbons (Fsp3) is 0.357. The molecular formula is C14H17NO2. The number of nitrogens with one attached hydrogen (secondary N) is 1. The van der Waals surface area contributed by atoms with Gasteiger partial charge in [0.25, 0.3) is 0 Å². The van der Waals surface area contributed by atoms with E-state index in [4.69, 9.17) is 4.74 Å². The van der Waals surface area contributed by atoms with Gasteiger partial charge in [-0.15, -0.1) is 0 Å². The first kappa shape index (κ1) is 11.9. The van der Waals surface area contributed by atoms with Crippen LogP contribution in [-0.4, -0.2) is 25.2 Å². The second-order valence-electron chi connectivity index (χ2n) is 4.12. The second kappa shape index (κ2) is 6.21. The zero-order valence-corrected chi connectivity index (χ0v) is 9.76. The molecule has 2 rings (SSSR count). The number of ether oxygens (including phenoxy) is 1. The van der Waals surface area contributed by atoms with E-state index in [0.717, 1.165) is 25.0 Å². The Bertz CT molecular complexity index is 380. The first-order valence-electron chi connectivity index (χ1n) is 5.97. The van der Waals surface area contributed by atoms with Gasteiger partial charge in [0.15, 0.2) is 0 Å². The summed E-state index contributed by atoms with van der Waals surface area (Å²) in [5.74, 6) is -0.0654. The zero-order valence-electron chi connectivity index (χ0n) is 9.76. The fourth-order valence-corrected chi connectivity index (χ4v) is 1.81. The molecule has 0 spiro atoms. The summed E-state index contributed by atoms with van der Waals surface area (Å²) >= 11 is 0. The van der Waals surface area contributed by atoms with Gasteiger partial charge >= 0.3 is 0 Å². The smallest absolute Gasteiger partial charge is 0.244 e. The van der Waals surface area contributed by atoms with Crippen LogP contribution < -0.4 is 5.32 Å². The van der Waals surface area contributed by atoms with Crippen molar-refractivity contribution in [3.8, 4) is 0 Å². The largest absolute Gasteiger partial charge is 0.376 e. The van der Waals surface area contributed by atoms with E-state index in [1.807, 2.05) is 36.4 Å². The minimum absolute atomic E-state index is 0.0654. The highest BCUT2D eigenvalue weighted by Gasteiger charge is 2.15. The minimum Gasteiger partial charge on any atom is -0.376 e. The van der Waals surface area contributed by atoms with Crippen molar-refractivity contribution in [2.75, 3.05) is 13.2 Å². The van der Waals surface area contributed by atoms with Crippen molar-refractivity contribution in [1.82, 2.24) is 5.32 Å². The van der Waals surface area contributed by atoms with E-state index in [2.05, 4.69) is 5.32 Å². The molecule has 0 aliphatic carbocycles. The Morgan fingerprint density at radius 1 is 1.41 bits per heavy atom. The molecule has 1 heterocycles. The van der Waals surface area contributed by atoms with Crippen LogP contribution in [0.15, 0.2) is 36.4 Å². The Labute approximate surface area is 101 Å². The van der Waals surface area contributed by atoms with E-state index < -0.39 is 0 Å².